The Hall–Kier alpha value is -2.27. The zero-order valence-electron chi connectivity index (χ0n) is 14.4. The lowest BCUT2D eigenvalue weighted by molar-refractivity contribution is 0.129. The maximum absolute atomic E-state index is 6.05. The minimum Gasteiger partial charge on any atom is -0.490 e. The van der Waals surface area contributed by atoms with Crippen LogP contribution in [0.4, 0.5) is 0 Å². The van der Waals surface area contributed by atoms with E-state index in [1.54, 1.807) is 12.3 Å². The van der Waals surface area contributed by atoms with Crippen LogP contribution in [-0.4, -0.2) is 42.1 Å². The summed E-state index contributed by atoms with van der Waals surface area (Å²) in [6.45, 7) is 2.53. The third-order valence-electron chi connectivity index (χ3n) is 4.24. The van der Waals surface area contributed by atoms with E-state index in [9.17, 15) is 0 Å². The van der Waals surface area contributed by atoms with Crippen LogP contribution in [-0.2, 0) is 6.54 Å². The fraction of sp³-hybridized carbons (Fsp3) is 0.368. The third kappa shape index (κ3) is 5.10. The van der Waals surface area contributed by atoms with E-state index in [4.69, 9.17) is 16.3 Å². The summed E-state index contributed by atoms with van der Waals surface area (Å²) >= 11 is 5.82. The maximum atomic E-state index is 6.05. The van der Waals surface area contributed by atoms with E-state index >= 15 is 0 Å². The molecule has 1 fully saturated rings. The Morgan fingerprint density at radius 1 is 1.24 bits per heavy atom. The first-order chi connectivity index (χ1) is 12.2. The Morgan fingerprint density at radius 3 is 2.64 bits per heavy atom. The van der Waals surface area contributed by atoms with Crippen molar-refractivity contribution in [2.24, 2.45) is 4.99 Å². The Bertz CT molecular complexity index is 682. The number of pyridine rings is 1. The molecule has 5 nitrogen and oxygen atoms in total. The molecule has 1 N–H and O–H groups in total. The molecule has 1 aliphatic heterocycles. The molecule has 132 valence electrons. The molecule has 6 heteroatoms. The van der Waals surface area contributed by atoms with Crippen molar-refractivity contribution in [3.05, 3.63) is 59.4 Å². The highest BCUT2D eigenvalue weighted by atomic mass is 35.5. The average Bonchev–Trinajstić information content (AvgIpc) is 2.66. The number of halogens is 1. The molecule has 0 unspecified atom stereocenters. The van der Waals surface area contributed by atoms with Gasteiger partial charge in [-0.3, -0.25) is 4.99 Å². The normalized spacial score (nSPS) is 15.9. The summed E-state index contributed by atoms with van der Waals surface area (Å²) in [7, 11) is 1.81. The van der Waals surface area contributed by atoms with E-state index < -0.39 is 0 Å². The topological polar surface area (TPSA) is 49.8 Å². The van der Waals surface area contributed by atoms with Gasteiger partial charge in [-0.1, -0.05) is 35.9 Å². The summed E-state index contributed by atoms with van der Waals surface area (Å²) < 4.78 is 6.05. The van der Waals surface area contributed by atoms with E-state index in [0.717, 1.165) is 43.2 Å². The van der Waals surface area contributed by atoms with Crippen molar-refractivity contribution in [1.29, 1.82) is 0 Å². The first-order valence-electron chi connectivity index (χ1n) is 8.52. The Labute approximate surface area is 153 Å². The standard InChI is InChI=1S/C19H23ClN4O/c1-21-19(23-14-15-7-8-18(20)22-13-15)24-11-9-17(10-12-24)25-16-5-3-2-4-6-16/h2-8,13,17H,9-12,14H2,1H3,(H,21,23). The highest BCUT2D eigenvalue weighted by molar-refractivity contribution is 6.29. The summed E-state index contributed by atoms with van der Waals surface area (Å²) in [6.07, 6.45) is 4.01. The molecule has 0 radical (unpaired) electrons. The smallest absolute Gasteiger partial charge is 0.193 e. The van der Waals surface area contributed by atoms with Gasteiger partial charge < -0.3 is 15.0 Å². The molecule has 1 aromatic heterocycles. The van der Waals surface area contributed by atoms with Crippen molar-refractivity contribution in [3.8, 4) is 5.75 Å². The SMILES string of the molecule is CN=C(NCc1ccc(Cl)nc1)N1CCC(Oc2ccccc2)CC1. The zero-order chi connectivity index (χ0) is 17.5. The Morgan fingerprint density at radius 2 is 2.00 bits per heavy atom. The highest BCUT2D eigenvalue weighted by Gasteiger charge is 2.22. The van der Waals surface area contributed by atoms with E-state index in [1.807, 2.05) is 43.4 Å². The largest absolute Gasteiger partial charge is 0.490 e. The summed E-state index contributed by atoms with van der Waals surface area (Å²) in [5.41, 5.74) is 1.08. The van der Waals surface area contributed by atoms with E-state index in [-0.39, 0.29) is 6.10 Å². The van der Waals surface area contributed by atoms with Crippen molar-refractivity contribution in [3.63, 3.8) is 0 Å². The summed E-state index contributed by atoms with van der Waals surface area (Å²) in [5.74, 6) is 1.85. The first-order valence-corrected chi connectivity index (χ1v) is 8.90. The lowest BCUT2D eigenvalue weighted by Crippen LogP contribution is -2.47. The summed E-state index contributed by atoms with van der Waals surface area (Å²) in [4.78, 5) is 10.8. The number of nitrogens with zero attached hydrogens (tertiary/aromatic N) is 3. The van der Waals surface area contributed by atoms with Crippen LogP contribution < -0.4 is 10.1 Å². The van der Waals surface area contributed by atoms with Crippen LogP contribution in [0, 0.1) is 0 Å². The summed E-state index contributed by atoms with van der Waals surface area (Å²) in [5, 5.41) is 3.90. The van der Waals surface area contributed by atoms with Crippen LogP contribution in [0.5, 0.6) is 5.75 Å². The van der Waals surface area contributed by atoms with Crippen LogP contribution >= 0.6 is 11.6 Å². The molecule has 2 aromatic rings. The molecule has 0 amide bonds. The molecule has 3 rings (SSSR count). The number of hydrogen-bond donors (Lipinski definition) is 1. The fourth-order valence-electron chi connectivity index (χ4n) is 2.90. The zero-order valence-corrected chi connectivity index (χ0v) is 15.1. The van der Waals surface area contributed by atoms with Gasteiger partial charge in [0.05, 0.1) is 0 Å². The number of aliphatic imine (C=N–C) groups is 1. The first kappa shape index (κ1) is 17.5. The van der Waals surface area contributed by atoms with Crippen LogP contribution in [0.1, 0.15) is 18.4 Å². The average molecular weight is 359 g/mol. The van der Waals surface area contributed by atoms with Gasteiger partial charge in [0.15, 0.2) is 5.96 Å². The molecule has 2 heterocycles. The minimum atomic E-state index is 0.261. The number of likely N-dealkylation sites (tertiary alicyclic amines) is 1. The van der Waals surface area contributed by atoms with Crippen molar-refractivity contribution < 1.29 is 4.74 Å². The Balaban J connectivity index is 1.48. The number of piperidine rings is 1. The van der Waals surface area contributed by atoms with Gasteiger partial charge in [0.1, 0.15) is 17.0 Å². The molecular formula is C19H23ClN4O. The number of ether oxygens (including phenoxy) is 1. The predicted molar refractivity (Wildman–Crippen MR) is 101 cm³/mol. The minimum absolute atomic E-state index is 0.261. The van der Waals surface area contributed by atoms with Crippen molar-refractivity contribution in [1.82, 2.24) is 15.2 Å². The predicted octanol–water partition coefficient (Wildman–Crippen LogP) is 3.35. The number of aromatic nitrogens is 1. The molecule has 1 aliphatic rings. The molecule has 0 bridgehead atoms. The van der Waals surface area contributed by atoms with Crippen LogP contribution in [0.3, 0.4) is 0 Å². The van der Waals surface area contributed by atoms with Gasteiger partial charge in [-0.2, -0.15) is 0 Å². The number of nitrogens with one attached hydrogen (secondary N) is 1. The van der Waals surface area contributed by atoms with Crippen molar-refractivity contribution >= 4 is 17.6 Å². The van der Waals surface area contributed by atoms with Gasteiger partial charge in [0.25, 0.3) is 0 Å². The quantitative estimate of drug-likeness (QED) is 0.517. The van der Waals surface area contributed by atoms with Gasteiger partial charge in [-0.25, -0.2) is 4.98 Å². The maximum Gasteiger partial charge on any atom is 0.193 e. The van der Waals surface area contributed by atoms with Gasteiger partial charge in [0.2, 0.25) is 0 Å². The molecule has 1 aromatic carbocycles. The molecule has 0 atom stereocenters. The number of para-hydroxylation sites is 1. The molecule has 0 spiro atoms. The molecule has 0 saturated carbocycles. The number of guanidine groups is 1. The monoisotopic (exact) mass is 358 g/mol. The fourth-order valence-corrected chi connectivity index (χ4v) is 3.01. The molecule has 25 heavy (non-hydrogen) atoms. The number of benzene rings is 1. The third-order valence-corrected chi connectivity index (χ3v) is 4.46. The second-order valence-corrected chi connectivity index (χ2v) is 6.39. The second-order valence-electron chi connectivity index (χ2n) is 6.01. The van der Waals surface area contributed by atoms with Crippen LogP contribution in [0.15, 0.2) is 53.7 Å². The number of rotatable bonds is 4. The lowest BCUT2D eigenvalue weighted by Gasteiger charge is -2.34. The van der Waals surface area contributed by atoms with E-state index in [0.29, 0.717) is 11.7 Å². The van der Waals surface area contributed by atoms with E-state index in [2.05, 4.69) is 20.2 Å². The highest BCUT2D eigenvalue weighted by Crippen LogP contribution is 2.18. The molecular weight excluding hydrogens is 336 g/mol. The number of hydrogen-bond acceptors (Lipinski definition) is 3. The lowest BCUT2D eigenvalue weighted by atomic mass is 10.1. The van der Waals surface area contributed by atoms with Crippen LogP contribution in [0.2, 0.25) is 5.15 Å². The molecule has 0 aliphatic carbocycles. The van der Waals surface area contributed by atoms with Gasteiger partial charge in [-0.05, 0) is 23.8 Å². The van der Waals surface area contributed by atoms with Gasteiger partial charge in [0, 0.05) is 45.7 Å². The van der Waals surface area contributed by atoms with E-state index in [1.165, 1.54) is 0 Å². The Kier molecular flexibility index (Phi) is 6.12. The molecule has 1 saturated heterocycles. The van der Waals surface area contributed by atoms with Gasteiger partial charge >= 0.3 is 0 Å². The van der Waals surface area contributed by atoms with Crippen LogP contribution in [0.25, 0.3) is 0 Å². The van der Waals surface area contributed by atoms with Crippen molar-refractivity contribution in [2.75, 3.05) is 20.1 Å². The summed E-state index contributed by atoms with van der Waals surface area (Å²) in [6, 6.07) is 13.8. The van der Waals surface area contributed by atoms with Gasteiger partial charge in [-0.15, -0.1) is 0 Å². The second kappa shape index (κ2) is 8.72. The van der Waals surface area contributed by atoms with Crippen molar-refractivity contribution in [2.45, 2.75) is 25.5 Å².